The molecular weight excluding hydrogens is 749 g/mol. The highest BCUT2D eigenvalue weighted by atomic mass is 15.2. The molecule has 0 heterocycles. The van der Waals surface area contributed by atoms with Crippen LogP contribution in [0.5, 0.6) is 0 Å². The molecule has 10 rings (SSSR count). The normalized spacial score (nSPS) is 17.4. The molecule has 0 aromatic heterocycles. The molecule has 0 amide bonds. The Balaban J connectivity index is 0.846. The van der Waals surface area contributed by atoms with Gasteiger partial charge in [0.15, 0.2) is 0 Å². The van der Waals surface area contributed by atoms with Gasteiger partial charge >= 0.3 is 0 Å². The van der Waals surface area contributed by atoms with E-state index in [4.69, 9.17) is 0 Å². The molecule has 302 valence electrons. The van der Waals surface area contributed by atoms with E-state index in [2.05, 4.69) is 234 Å². The molecule has 4 aliphatic carbocycles. The van der Waals surface area contributed by atoms with Gasteiger partial charge in [0.25, 0.3) is 0 Å². The third-order valence-electron chi connectivity index (χ3n) is 12.8. The average Bonchev–Trinajstić information content (AvgIpc) is 3.36. The van der Waals surface area contributed by atoms with E-state index in [1.54, 1.807) is 0 Å². The Kier molecular flexibility index (Phi) is 11.5. The third kappa shape index (κ3) is 8.55. The monoisotopic (exact) mass is 800 g/mol. The second-order valence-corrected chi connectivity index (χ2v) is 16.7. The topological polar surface area (TPSA) is 6.48 Å². The van der Waals surface area contributed by atoms with Crippen LogP contribution in [0, 0.1) is 0 Å². The molecule has 4 aliphatic rings. The van der Waals surface area contributed by atoms with Gasteiger partial charge in [-0.25, -0.2) is 0 Å². The van der Waals surface area contributed by atoms with Gasteiger partial charge in [0.05, 0.1) is 6.04 Å². The van der Waals surface area contributed by atoms with Gasteiger partial charge in [0.1, 0.15) is 0 Å². The molecular formula is C60H52N2. The Hall–Kier alpha value is -7.16. The molecule has 0 spiro atoms. The first-order chi connectivity index (χ1) is 30.7. The Morgan fingerprint density at radius 1 is 0.355 bits per heavy atom. The maximum atomic E-state index is 2.50. The summed E-state index contributed by atoms with van der Waals surface area (Å²) in [5, 5.41) is 0. The molecule has 0 N–H and O–H groups in total. The van der Waals surface area contributed by atoms with Crippen molar-refractivity contribution in [3.8, 4) is 22.3 Å². The largest absolute Gasteiger partial charge is 0.334 e. The van der Waals surface area contributed by atoms with Gasteiger partial charge < -0.3 is 9.80 Å². The first-order valence-corrected chi connectivity index (χ1v) is 22.3. The van der Waals surface area contributed by atoms with Crippen LogP contribution in [0.3, 0.4) is 0 Å². The average molecular weight is 801 g/mol. The van der Waals surface area contributed by atoms with Crippen molar-refractivity contribution >= 4 is 22.7 Å². The molecule has 1 unspecified atom stereocenters. The minimum Gasteiger partial charge on any atom is -0.334 e. The number of rotatable bonds is 11. The molecule has 0 bridgehead atoms. The number of nitrogens with zero attached hydrogens (tertiary/aromatic N) is 2. The summed E-state index contributed by atoms with van der Waals surface area (Å²) in [7, 11) is 0. The van der Waals surface area contributed by atoms with Crippen LogP contribution in [0.4, 0.5) is 22.7 Å². The second-order valence-electron chi connectivity index (χ2n) is 16.7. The van der Waals surface area contributed by atoms with Crippen molar-refractivity contribution < 1.29 is 0 Å². The summed E-state index contributed by atoms with van der Waals surface area (Å²) >= 11 is 0. The predicted octanol–water partition coefficient (Wildman–Crippen LogP) is 16.1. The van der Waals surface area contributed by atoms with E-state index < -0.39 is 0 Å². The smallest absolute Gasteiger partial charge is 0.0565 e. The van der Waals surface area contributed by atoms with Crippen molar-refractivity contribution in [3.05, 3.63) is 264 Å². The molecule has 0 saturated heterocycles. The Morgan fingerprint density at radius 2 is 0.774 bits per heavy atom. The van der Waals surface area contributed by atoms with E-state index in [0.717, 1.165) is 44.9 Å². The van der Waals surface area contributed by atoms with Gasteiger partial charge in [-0.15, -0.1) is 0 Å². The zero-order chi connectivity index (χ0) is 41.5. The molecule has 2 nitrogen and oxygen atoms in total. The fourth-order valence-corrected chi connectivity index (χ4v) is 9.54. The van der Waals surface area contributed by atoms with Crippen molar-refractivity contribution in [3.63, 3.8) is 0 Å². The molecule has 0 fully saturated rings. The number of para-hydroxylation sites is 2. The molecule has 0 saturated carbocycles. The van der Waals surface area contributed by atoms with Crippen molar-refractivity contribution in [2.24, 2.45) is 0 Å². The number of benzene rings is 6. The van der Waals surface area contributed by atoms with E-state index in [9.17, 15) is 0 Å². The zero-order valence-corrected chi connectivity index (χ0v) is 35.3. The van der Waals surface area contributed by atoms with E-state index in [1.807, 2.05) is 0 Å². The first-order valence-electron chi connectivity index (χ1n) is 22.3. The lowest BCUT2D eigenvalue weighted by atomic mass is 9.82. The van der Waals surface area contributed by atoms with Crippen LogP contribution in [0.15, 0.2) is 264 Å². The van der Waals surface area contributed by atoms with E-state index in [0.29, 0.717) is 0 Å². The van der Waals surface area contributed by atoms with Crippen LogP contribution >= 0.6 is 0 Å². The highest BCUT2D eigenvalue weighted by molar-refractivity contribution is 5.75. The summed E-state index contributed by atoms with van der Waals surface area (Å²) in [4.78, 5) is 4.92. The van der Waals surface area contributed by atoms with Crippen molar-refractivity contribution in [1.29, 1.82) is 0 Å². The SMILES string of the molecule is C1=CC(N(c2ccccc2)c2ccc(-c3ccccc3)cc2)CC(C2=CC=C(C3=CC=C(C4=CC(N(c5ccccc5)c5ccc(-c6ccccc6)cc5)=CCC4)CC3)CC2)=C1. The Bertz CT molecular complexity index is 2760. The van der Waals surface area contributed by atoms with Gasteiger partial charge in [-0.2, -0.15) is 0 Å². The summed E-state index contributed by atoms with van der Waals surface area (Å²) < 4.78 is 0. The van der Waals surface area contributed by atoms with Crippen molar-refractivity contribution in [1.82, 2.24) is 0 Å². The molecule has 6 aromatic rings. The maximum absolute atomic E-state index is 2.50. The molecule has 6 aromatic carbocycles. The van der Waals surface area contributed by atoms with Crippen LogP contribution in [0.1, 0.15) is 44.9 Å². The summed E-state index contributed by atoms with van der Waals surface area (Å²) in [5.74, 6) is 0. The van der Waals surface area contributed by atoms with Crippen molar-refractivity contribution in [2.75, 3.05) is 9.80 Å². The van der Waals surface area contributed by atoms with Gasteiger partial charge in [-0.1, -0.05) is 170 Å². The number of allylic oxidation sites excluding steroid dienone is 13. The quantitative estimate of drug-likeness (QED) is 0.129. The highest BCUT2D eigenvalue weighted by Gasteiger charge is 2.25. The summed E-state index contributed by atoms with van der Waals surface area (Å²) in [6.45, 7) is 0. The second kappa shape index (κ2) is 18.2. The number of anilines is 4. The van der Waals surface area contributed by atoms with Crippen molar-refractivity contribution in [2.45, 2.75) is 51.0 Å². The van der Waals surface area contributed by atoms with Gasteiger partial charge in [0, 0.05) is 28.4 Å². The maximum Gasteiger partial charge on any atom is 0.0565 e. The minimum absolute atomic E-state index is 0.222. The summed E-state index contributed by atoms with van der Waals surface area (Å²) in [6.07, 6.45) is 28.9. The lowest BCUT2D eigenvalue weighted by Crippen LogP contribution is -2.31. The van der Waals surface area contributed by atoms with Crippen LogP contribution in [0.25, 0.3) is 22.3 Å². The third-order valence-corrected chi connectivity index (χ3v) is 12.8. The van der Waals surface area contributed by atoms with Crippen LogP contribution < -0.4 is 9.80 Å². The molecule has 62 heavy (non-hydrogen) atoms. The summed E-state index contributed by atoms with van der Waals surface area (Å²) in [5.41, 5.74) is 19.8. The molecule has 0 aliphatic heterocycles. The first kappa shape index (κ1) is 39.0. The van der Waals surface area contributed by atoms with Crippen LogP contribution in [0.2, 0.25) is 0 Å². The predicted molar refractivity (Wildman–Crippen MR) is 263 cm³/mol. The fraction of sp³-hybridized carbons (Fsp3) is 0.133. The number of hydrogen-bond donors (Lipinski definition) is 0. The van der Waals surface area contributed by atoms with Gasteiger partial charge in [-0.3, -0.25) is 0 Å². The van der Waals surface area contributed by atoms with Gasteiger partial charge in [-0.05, 0) is 155 Å². The van der Waals surface area contributed by atoms with Crippen LogP contribution in [-0.2, 0) is 0 Å². The summed E-state index contributed by atoms with van der Waals surface area (Å²) in [6, 6.07) is 61.2. The molecule has 0 radical (unpaired) electrons. The van der Waals surface area contributed by atoms with Gasteiger partial charge in [0.2, 0.25) is 0 Å². The lowest BCUT2D eigenvalue weighted by Gasteiger charge is -2.35. The van der Waals surface area contributed by atoms with Crippen LogP contribution in [-0.4, -0.2) is 6.04 Å². The molecule has 1 atom stereocenters. The zero-order valence-electron chi connectivity index (χ0n) is 35.3. The van der Waals surface area contributed by atoms with E-state index in [1.165, 1.54) is 84.1 Å². The Morgan fingerprint density at radius 3 is 1.31 bits per heavy atom. The fourth-order valence-electron chi connectivity index (χ4n) is 9.54. The standard InChI is InChI=1S/C60H52N2/c1-5-15-45(16-6-1)49-35-39-57(40-36-49)61(55-21-9-3-10-22-55)59-25-13-19-53(43-59)51-31-27-47(28-32-51)48-29-33-52(34-30-48)54-20-14-26-60(44-54)62(56-23-11-4-12-24-56)58-41-37-50(38-42-58)46-17-7-2-8-18-46/h1-13,15-19,21-27,29,31,33,35-42,44,59H,14,20,28,30,32,34,43H2. The van der Waals surface area contributed by atoms with E-state index >= 15 is 0 Å². The van der Waals surface area contributed by atoms with E-state index in [-0.39, 0.29) is 6.04 Å². The lowest BCUT2D eigenvalue weighted by molar-refractivity contribution is 0.747. The molecule has 2 heteroatoms. The highest BCUT2D eigenvalue weighted by Crippen LogP contribution is 2.41. The number of hydrogen-bond acceptors (Lipinski definition) is 2. The minimum atomic E-state index is 0.222. The Labute approximate surface area is 367 Å².